The first kappa shape index (κ1) is 26.8. The lowest BCUT2D eigenvalue weighted by atomic mass is 9.70. The molecule has 1 unspecified atom stereocenters. The van der Waals surface area contributed by atoms with Crippen LogP contribution < -0.4 is 0 Å². The molecule has 1 saturated carbocycles. The Morgan fingerprint density at radius 2 is 0.947 bits per heavy atom. The van der Waals surface area contributed by atoms with E-state index in [0.717, 1.165) is 12.8 Å². The van der Waals surface area contributed by atoms with Gasteiger partial charge < -0.3 is 0 Å². The van der Waals surface area contributed by atoms with Crippen molar-refractivity contribution in [3.63, 3.8) is 0 Å². The van der Waals surface area contributed by atoms with Crippen LogP contribution in [-0.2, 0) is 4.79 Å². The van der Waals surface area contributed by atoms with Crippen molar-refractivity contribution in [3.05, 3.63) is 131 Å². The molecule has 0 spiro atoms. The summed E-state index contributed by atoms with van der Waals surface area (Å²) in [6, 6.07) is 38.8. The lowest BCUT2D eigenvalue weighted by molar-refractivity contribution is -0.130. The van der Waals surface area contributed by atoms with Gasteiger partial charge in [-0.15, -0.1) is 23.5 Å². The number of aryl methyl sites for hydroxylation is 2. The topological polar surface area (TPSA) is 17.1 Å². The zero-order valence-corrected chi connectivity index (χ0v) is 24.1. The third-order valence-corrected chi connectivity index (χ3v) is 10.4. The Labute approximate surface area is 236 Å². The number of rotatable bonds is 8. The molecular weight excluding hydrogens is 501 g/mol. The Morgan fingerprint density at radius 1 is 0.579 bits per heavy atom. The maximum absolute atomic E-state index is 14.6. The van der Waals surface area contributed by atoms with Crippen LogP contribution in [0.25, 0.3) is 0 Å². The Balaban J connectivity index is 1.52. The first-order chi connectivity index (χ1) is 18.5. The van der Waals surface area contributed by atoms with E-state index in [2.05, 4.69) is 130 Å². The molecule has 0 N–H and O–H groups in total. The molecule has 5 atom stereocenters. The molecule has 0 amide bonds. The molecule has 4 aromatic carbocycles. The average Bonchev–Trinajstić information content (AvgIpc) is 2.94. The van der Waals surface area contributed by atoms with Crippen molar-refractivity contribution >= 4 is 29.3 Å². The van der Waals surface area contributed by atoms with Crippen molar-refractivity contribution in [1.29, 1.82) is 0 Å². The molecule has 194 valence electrons. The summed E-state index contributed by atoms with van der Waals surface area (Å²) in [6.07, 6.45) is 1.87. The fraction of sp³-hybridized carbons (Fsp3) is 0.286. The van der Waals surface area contributed by atoms with Crippen LogP contribution in [0.3, 0.4) is 0 Å². The molecule has 0 bridgehead atoms. The van der Waals surface area contributed by atoms with E-state index in [9.17, 15) is 4.79 Å². The molecule has 1 fully saturated rings. The summed E-state index contributed by atoms with van der Waals surface area (Å²) in [5.74, 6) is 0.851. The molecule has 38 heavy (non-hydrogen) atoms. The second-order valence-corrected chi connectivity index (χ2v) is 13.1. The summed E-state index contributed by atoms with van der Waals surface area (Å²) in [7, 11) is 0. The van der Waals surface area contributed by atoms with Crippen LogP contribution in [0.2, 0.25) is 0 Å². The van der Waals surface area contributed by atoms with E-state index < -0.39 is 0 Å². The van der Waals surface area contributed by atoms with Crippen LogP contribution in [0.5, 0.6) is 0 Å². The van der Waals surface area contributed by atoms with E-state index in [0.29, 0.717) is 11.7 Å². The first-order valence-electron chi connectivity index (χ1n) is 13.6. The number of hydrogen-bond acceptors (Lipinski definition) is 3. The number of carbonyl (C=O) groups excluding carboxylic acids is 1. The predicted octanol–water partition coefficient (Wildman–Crippen LogP) is 9.90. The molecule has 1 nitrogen and oxygen atoms in total. The Bertz CT molecular complexity index is 1210. The van der Waals surface area contributed by atoms with Crippen molar-refractivity contribution in [1.82, 2.24) is 0 Å². The number of ketones is 1. The highest BCUT2D eigenvalue weighted by atomic mass is 32.2. The fourth-order valence-electron chi connectivity index (χ4n) is 5.58. The molecule has 3 heteroatoms. The highest BCUT2D eigenvalue weighted by Gasteiger charge is 2.43. The quantitative estimate of drug-likeness (QED) is 0.209. The maximum atomic E-state index is 14.6. The largest absolute Gasteiger partial charge is 0.299 e. The average molecular weight is 537 g/mol. The zero-order chi connectivity index (χ0) is 26.5. The van der Waals surface area contributed by atoms with Gasteiger partial charge in [0, 0.05) is 32.1 Å². The molecule has 0 aromatic heterocycles. The van der Waals surface area contributed by atoms with Crippen LogP contribution >= 0.6 is 23.5 Å². The van der Waals surface area contributed by atoms with E-state index in [1.54, 1.807) is 0 Å². The highest BCUT2D eigenvalue weighted by molar-refractivity contribution is 7.99. The van der Waals surface area contributed by atoms with Gasteiger partial charge in [-0.25, -0.2) is 0 Å². The van der Waals surface area contributed by atoms with Crippen molar-refractivity contribution in [2.24, 2.45) is 17.8 Å². The van der Waals surface area contributed by atoms with E-state index in [1.807, 2.05) is 23.5 Å². The smallest absolute Gasteiger partial charge is 0.141 e. The first-order valence-corrected chi connectivity index (χ1v) is 15.3. The van der Waals surface area contributed by atoms with Gasteiger partial charge in [0.25, 0.3) is 0 Å². The summed E-state index contributed by atoms with van der Waals surface area (Å²) in [6.45, 7) is 6.59. The van der Waals surface area contributed by atoms with Crippen LogP contribution in [0.1, 0.15) is 52.5 Å². The molecule has 4 aromatic rings. The number of benzene rings is 4. The van der Waals surface area contributed by atoms with Gasteiger partial charge in [0.05, 0.1) is 0 Å². The Hall–Kier alpha value is -2.75. The number of hydrogen-bond donors (Lipinski definition) is 0. The number of Topliss-reactive ketones (excluding diaryl/α,β-unsaturated/α-hetero) is 1. The molecular formula is C35H36OS2. The minimum Gasteiger partial charge on any atom is -0.299 e. The lowest BCUT2D eigenvalue weighted by Gasteiger charge is -2.39. The van der Waals surface area contributed by atoms with Crippen LogP contribution in [-0.4, -0.2) is 5.78 Å². The third-order valence-electron chi connectivity index (χ3n) is 7.60. The summed E-state index contributed by atoms with van der Waals surface area (Å²) in [5, 5.41) is 0.187. The molecule has 0 radical (unpaired) electrons. The Kier molecular flexibility index (Phi) is 8.76. The van der Waals surface area contributed by atoms with Gasteiger partial charge in [0.2, 0.25) is 0 Å². The van der Waals surface area contributed by atoms with Crippen LogP contribution in [0, 0.1) is 31.6 Å². The van der Waals surface area contributed by atoms with E-state index in [1.165, 1.54) is 32.0 Å². The van der Waals surface area contributed by atoms with E-state index in [-0.39, 0.29) is 22.3 Å². The van der Waals surface area contributed by atoms with Gasteiger partial charge >= 0.3 is 0 Å². The molecule has 0 saturated heterocycles. The molecule has 0 aliphatic heterocycles. The summed E-state index contributed by atoms with van der Waals surface area (Å²) >= 11 is 3.70. The standard InChI is InChI=1S/C35H36OS2/c1-24-14-18-27(19-15-24)34(37-29-10-6-4-7-11-29)31-22-26(3)23-32(33(31)36)35(28-20-16-25(2)17-21-28)38-30-12-8-5-9-13-30/h4-21,26,31-32,34-35H,22-23H2,1-3H3/t26?,31-,32+,34-,35+. The predicted molar refractivity (Wildman–Crippen MR) is 163 cm³/mol. The highest BCUT2D eigenvalue weighted by Crippen LogP contribution is 2.52. The van der Waals surface area contributed by atoms with Crippen molar-refractivity contribution < 1.29 is 4.79 Å². The molecule has 1 aliphatic rings. The van der Waals surface area contributed by atoms with Gasteiger partial charge in [0.1, 0.15) is 5.78 Å². The second-order valence-electron chi connectivity index (χ2n) is 10.7. The van der Waals surface area contributed by atoms with Gasteiger partial charge in [-0.2, -0.15) is 0 Å². The monoisotopic (exact) mass is 536 g/mol. The van der Waals surface area contributed by atoms with E-state index in [4.69, 9.17) is 0 Å². The summed E-state index contributed by atoms with van der Waals surface area (Å²) in [5.41, 5.74) is 4.99. The van der Waals surface area contributed by atoms with Crippen LogP contribution in [0.4, 0.5) is 0 Å². The Morgan fingerprint density at radius 3 is 1.32 bits per heavy atom. The summed E-state index contributed by atoms with van der Waals surface area (Å²) in [4.78, 5) is 17.0. The maximum Gasteiger partial charge on any atom is 0.141 e. The number of carbonyl (C=O) groups is 1. The SMILES string of the molecule is Cc1ccc([C@@H](Sc2ccccc2)[C@@H]2CC(C)C[C@H]([C@@H](Sc3ccccc3)c3ccc(C)cc3)C2=O)cc1. The van der Waals surface area contributed by atoms with Gasteiger partial charge in [0.15, 0.2) is 0 Å². The number of thioether (sulfide) groups is 2. The van der Waals surface area contributed by atoms with E-state index >= 15 is 0 Å². The minimum atomic E-state index is -0.0269. The van der Waals surface area contributed by atoms with Gasteiger partial charge in [-0.05, 0) is 68.0 Å². The van der Waals surface area contributed by atoms with Crippen molar-refractivity contribution in [2.75, 3.05) is 0 Å². The van der Waals surface area contributed by atoms with Gasteiger partial charge in [-0.1, -0.05) is 103 Å². The fourth-order valence-corrected chi connectivity index (χ4v) is 8.21. The van der Waals surface area contributed by atoms with Crippen molar-refractivity contribution in [3.8, 4) is 0 Å². The lowest BCUT2D eigenvalue weighted by Crippen LogP contribution is -2.37. The minimum absolute atomic E-state index is 0.0269. The van der Waals surface area contributed by atoms with Gasteiger partial charge in [-0.3, -0.25) is 4.79 Å². The zero-order valence-electron chi connectivity index (χ0n) is 22.4. The van der Waals surface area contributed by atoms with Crippen molar-refractivity contribution in [2.45, 2.75) is 53.9 Å². The summed E-state index contributed by atoms with van der Waals surface area (Å²) < 4.78 is 0. The normalized spacial score (nSPS) is 21.1. The molecule has 0 heterocycles. The van der Waals surface area contributed by atoms with Crippen LogP contribution in [0.15, 0.2) is 119 Å². The third kappa shape index (κ3) is 6.45. The second kappa shape index (κ2) is 12.4. The molecule has 5 rings (SSSR count). The molecule has 1 aliphatic carbocycles.